The molecule has 1 unspecified atom stereocenters. The zero-order valence-corrected chi connectivity index (χ0v) is 13.9. The van der Waals surface area contributed by atoms with Gasteiger partial charge >= 0.3 is 5.97 Å². The van der Waals surface area contributed by atoms with E-state index in [-0.39, 0.29) is 0 Å². The van der Waals surface area contributed by atoms with Crippen LogP contribution in [0.3, 0.4) is 0 Å². The molecule has 1 atom stereocenters. The molecular formula is C16H19IO3. The number of halogens is 1. The summed E-state index contributed by atoms with van der Waals surface area (Å²) < 4.78 is 6.58. The summed E-state index contributed by atoms with van der Waals surface area (Å²) in [6.45, 7) is 4.10. The van der Waals surface area contributed by atoms with Gasteiger partial charge in [0.25, 0.3) is 0 Å². The summed E-state index contributed by atoms with van der Waals surface area (Å²) in [7, 11) is 0. The molecule has 20 heavy (non-hydrogen) atoms. The molecular weight excluding hydrogens is 367 g/mol. The molecule has 1 rings (SSSR count). The number of rotatable bonds is 7. The monoisotopic (exact) mass is 386 g/mol. The van der Waals surface area contributed by atoms with E-state index in [1.165, 1.54) is 0 Å². The van der Waals surface area contributed by atoms with Gasteiger partial charge in [0.15, 0.2) is 0 Å². The van der Waals surface area contributed by atoms with E-state index >= 15 is 0 Å². The van der Waals surface area contributed by atoms with Crippen LogP contribution in [-0.2, 0) is 9.53 Å². The van der Waals surface area contributed by atoms with E-state index in [1.807, 2.05) is 38.1 Å². The zero-order chi connectivity index (χ0) is 15.2. The fraction of sp³-hybridized carbons (Fsp3) is 0.438. The molecule has 3 nitrogen and oxygen atoms in total. The summed E-state index contributed by atoms with van der Waals surface area (Å²) in [5, 5.41) is 9.35. The van der Waals surface area contributed by atoms with Crippen molar-refractivity contribution in [3.8, 4) is 12.3 Å². The first-order valence-corrected chi connectivity index (χ1v) is 7.53. The maximum atomic E-state index is 11.4. The summed E-state index contributed by atoms with van der Waals surface area (Å²) in [6, 6.07) is 7.59. The second-order valence-electron chi connectivity index (χ2n) is 5.09. The topological polar surface area (TPSA) is 46.5 Å². The lowest BCUT2D eigenvalue weighted by Crippen LogP contribution is -2.22. The van der Waals surface area contributed by atoms with E-state index < -0.39 is 17.5 Å². The number of hydrogen-bond acceptors (Lipinski definition) is 2. The standard InChI is InChI=1S/C16H19IO3/c1-4-16(2,3)20-10-6-9-14(15(18)19)12-7-5-8-13(17)11-12/h1,5,7-8,11,14H,6,9-10H2,2-3H3,(H,18,19). The Kier molecular flexibility index (Phi) is 6.50. The highest BCUT2D eigenvalue weighted by Crippen LogP contribution is 2.23. The average Bonchev–Trinajstić information content (AvgIpc) is 2.38. The fourth-order valence-electron chi connectivity index (χ4n) is 1.81. The minimum atomic E-state index is -0.803. The third-order valence-electron chi connectivity index (χ3n) is 3.00. The molecule has 0 aliphatic heterocycles. The van der Waals surface area contributed by atoms with E-state index in [0.717, 1.165) is 9.13 Å². The normalized spacial score (nSPS) is 12.7. The Labute approximate surface area is 133 Å². The number of benzene rings is 1. The first-order valence-electron chi connectivity index (χ1n) is 6.46. The van der Waals surface area contributed by atoms with Crippen molar-refractivity contribution in [3.63, 3.8) is 0 Å². The highest BCUT2D eigenvalue weighted by Gasteiger charge is 2.20. The molecule has 0 aliphatic rings. The Hall–Kier alpha value is -1.06. The maximum absolute atomic E-state index is 11.4. The van der Waals surface area contributed by atoms with Crippen molar-refractivity contribution in [1.29, 1.82) is 0 Å². The van der Waals surface area contributed by atoms with Crippen LogP contribution in [0.1, 0.15) is 38.2 Å². The van der Waals surface area contributed by atoms with E-state index in [1.54, 1.807) is 0 Å². The first kappa shape index (κ1) is 17.0. The average molecular weight is 386 g/mol. The number of carbonyl (C=O) groups is 1. The van der Waals surface area contributed by atoms with Crippen molar-refractivity contribution in [2.24, 2.45) is 0 Å². The molecule has 108 valence electrons. The van der Waals surface area contributed by atoms with Gasteiger partial charge in [0.1, 0.15) is 5.60 Å². The Balaban J connectivity index is 2.58. The summed E-state index contributed by atoms with van der Waals surface area (Å²) >= 11 is 2.18. The van der Waals surface area contributed by atoms with Crippen molar-refractivity contribution in [2.75, 3.05) is 6.61 Å². The lowest BCUT2D eigenvalue weighted by atomic mass is 9.94. The number of ether oxygens (including phenoxy) is 1. The van der Waals surface area contributed by atoms with Gasteiger partial charge in [-0.1, -0.05) is 18.1 Å². The van der Waals surface area contributed by atoms with Crippen LogP contribution in [0.15, 0.2) is 24.3 Å². The van der Waals surface area contributed by atoms with Crippen LogP contribution in [0.25, 0.3) is 0 Å². The van der Waals surface area contributed by atoms with Gasteiger partial charge in [-0.15, -0.1) is 6.42 Å². The number of carboxylic acid groups (broad SMARTS) is 1. The minimum absolute atomic E-state index is 0.463. The molecule has 1 aromatic carbocycles. The molecule has 1 N–H and O–H groups in total. The van der Waals surface area contributed by atoms with Gasteiger partial charge in [0, 0.05) is 10.2 Å². The number of carboxylic acids is 1. The van der Waals surface area contributed by atoms with Gasteiger partial charge in [0.2, 0.25) is 0 Å². The van der Waals surface area contributed by atoms with Crippen molar-refractivity contribution in [3.05, 3.63) is 33.4 Å². The third kappa shape index (κ3) is 5.51. The SMILES string of the molecule is C#CC(C)(C)OCCCC(C(=O)O)c1cccc(I)c1. The lowest BCUT2D eigenvalue weighted by molar-refractivity contribution is -0.139. The quantitative estimate of drug-likeness (QED) is 0.442. The van der Waals surface area contributed by atoms with E-state index in [0.29, 0.717) is 19.4 Å². The van der Waals surface area contributed by atoms with E-state index in [2.05, 4.69) is 28.5 Å². The Morgan fingerprint density at radius 3 is 2.80 bits per heavy atom. The number of aliphatic carboxylic acids is 1. The molecule has 0 fully saturated rings. The largest absolute Gasteiger partial charge is 0.481 e. The van der Waals surface area contributed by atoms with E-state index in [4.69, 9.17) is 11.2 Å². The van der Waals surface area contributed by atoms with Crippen LogP contribution in [0.4, 0.5) is 0 Å². The molecule has 0 aromatic heterocycles. The number of terminal acetylenes is 1. The molecule has 0 amide bonds. The fourth-order valence-corrected chi connectivity index (χ4v) is 2.38. The Morgan fingerprint density at radius 2 is 2.25 bits per heavy atom. The molecule has 4 heteroatoms. The van der Waals surface area contributed by atoms with Gasteiger partial charge in [-0.2, -0.15) is 0 Å². The molecule has 0 spiro atoms. The molecule has 0 saturated carbocycles. The van der Waals surface area contributed by atoms with Crippen molar-refractivity contribution >= 4 is 28.6 Å². The highest BCUT2D eigenvalue weighted by atomic mass is 127. The van der Waals surface area contributed by atoms with Gasteiger partial charge in [-0.25, -0.2) is 0 Å². The Morgan fingerprint density at radius 1 is 1.55 bits per heavy atom. The molecule has 0 radical (unpaired) electrons. The molecule has 0 saturated heterocycles. The van der Waals surface area contributed by atoms with Crippen LogP contribution in [0, 0.1) is 15.9 Å². The van der Waals surface area contributed by atoms with Crippen LogP contribution in [0.5, 0.6) is 0 Å². The van der Waals surface area contributed by atoms with Crippen molar-refractivity contribution in [1.82, 2.24) is 0 Å². The van der Waals surface area contributed by atoms with Gasteiger partial charge in [-0.05, 0) is 67.0 Å². The van der Waals surface area contributed by atoms with Crippen molar-refractivity contribution < 1.29 is 14.6 Å². The van der Waals surface area contributed by atoms with Crippen LogP contribution in [-0.4, -0.2) is 23.3 Å². The van der Waals surface area contributed by atoms with Crippen LogP contribution >= 0.6 is 22.6 Å². The maximum Gasteiger partial charge on any atom is 0.310 e. The van der Waals surface area contributed by atoms with Gasteiger partial charge in [-0.3, -0.25) is 4.79 Å². The summed E-state index contributed by atoms with van der Waals surface area (Å²) in [5.41, 5.74) is 0.238. The summed E-state index contributed by atoms with van der Waals surface area (Å²) in [4.78, 5) is 11.4. The predicted molar refractivity (Wildman–Crippen MR) is 87.6 cm³/mol. The van der Waals surface area contributed by atoms with Crippen molar-refractivity contribution in [2.45, 2.75) is 38.2 Å². The zero-order valence-electron chi connectivity index (χ0n) is 11.7. The third-order valence-corrected chi connectivity index (χ3v) is 3.67. The molecule has 0 bridgehead atoms. The molecule has 1 aromatic rings. The van der Waals surface area contributed by atoms with Crippen LogP contribution in [0.2, 0.25) is 0 Å². The smallest absolute Gasteiger partial charge is 0.310 e. The molecule has 0 aliphatic carbocycles. The highest BCUT2D eigenvalue weighted by molar-refractivity contribution is 14.1. The summed E-state index contributed by atoms with van der Waals surface area (Å²) in [6.07, 6.45) is 6.53. The first-order chi connectivity index (χ1) is 9.35. The minimum Gasteiger partial charge on any atom is -0.481 e. The predicted octanol–water partition coefficient (Wildman–Crippen LogP) is 3.67. The van der Waals surface area contributed by atoms with Gasteiger partial charge in [0.05, 0.1) is 5.92 Å². The van der Waals surface area contributed by atoms with E-state index in [9.17, 15) is 9.90 Å². The Bertz CT molecular complexity index is 503. The second kappa shape index (κ2) is 7.65. The van der Waals surface area contributed by atoms with Gasteiger partial charge < -0.3 is 9.84 Å². The number of hydrogen-bond donors (Lipinski definition) is 1. The molecule has 0 heterocycles. The second-order valence-corrected chi connectivity index (χ2v) is 6.34. The summed E-state index contributed by atoms with van der Waals surface area (Å²) in [5.74, 6) is 1.25. The lowest BCUT2D eigenvalue weighted by Gasteiger charge is -2.19. The van der Waals surface area contributed by atoms with Crippen LogP contribution < -0.4 is 0 Å².